The van der Waals surface area contributed by atoms with Crippen LogP contribution in [0.25, 0.3) is 0 Å². The van der Waals surface area contributed by atoms with Crippen LogP contribution in [0.4, 0.5) is 0 Å². The third-order valence-corrected chi connectivity index (χ3v) is 1.71. The fourth-order valence-electron chi connectivity index (χ4n) is 1.03. The Bertz CT molecular complexity index is 326. The Morgan fingerprint density at radius 1 is 1.29 bits per heavy atom. The van der Waals surface area contributed by atoms with Crippen LogP contribution in [-0.4, -0.2) is 16.2 Å². The highest BCUT2D eigenvalue weighted by molar-refractivity contribution is 5.66. The summed E-state index contributed by atoms with van der Waals surface area (Å²) in [7, 11) is 0. The lowest BCUT2D eigenvalue weighted by Crippen LogP contribution is -2.30. The van der Waals surface area contributed by atoms with E-state index >= 15 is 0 Å². The molecule has 1 aromatic carbocycles. The first-order valence-electron chi connectivity index (χ1n) is 4.13. The van der Waals surface area contributed by atoms with Crippen molar-refractivity contribution in [2.75, 3.05) is 0 Å². The SMILES string of the molecule is CC(=O)OC(O)(O)c1ccc(C)cc1. The molecule has 76 valence electrons. The molecule has 4 heteroatoms. The molecular weight excluding hydrogens is 184 g/mol. The maximum absolute atomic E-state index is 10.6. The van der Waals surface area contributed by atoms with Gasteiger partial charge in [0.25, 0.3) is 0 Å². The lowest BCUT2D eigenvalue weighted by molar-refractivity contribution is -0.329. The van der Waals surface area contributed by atoms with Gasteiger partial charge in [0.05, 0.1) is 5.56 Å². The summed E-state index contributed by atoms with van der Waals surface area (Å²) in [5, 5.41) is 18.7. The number of rotatable bonds is 2. The minimum absolute atomic E-state index is 0.123. The number of carbonyl (C=O) groups is 1. The molecule has 0 unspecified atom stereocenters. The molecule has 0 radical (unpaired) electrons. The molecule has 0 aliphatic heterocycles. The Labute approximate surface area is 81.8 Å². The molecule has 0 spiro atoms. The number of aliphatic hydroxyl groups is 2. The summed E-state index contributed by atoms with van der Waals surface area (Å²) in [6.07, 6.45) is 0. The van der Waals surface area contributed by atoms with Crippen LogP contribution in [-0.2, 0) is 15.5 Å². The van der Waals surface area contributed by atoms with E-state index in [1.54, 1.807) is 12.1 Å². The van der Waals surface area contributed by atoms with E-state index in [1.807, 2.05) is 6.92 Å². The fraction of sp³-hybridized carbons (Fsp3) is 0.300. The summed E-state index contributed by atoms with van der Waals surface area (Å²) < 4.78 is 4.34. The zero-order valence-corrected chi connectivity index (χ0v) is 8.02. The number of aryl methyl sites for hydroxylation is 1. The lowest BCUT2D eigenvalue weighted by Gasteiger charge is -2.20. The third kappa shape index (κ3) is 2.55. The maximum atomic E-state index is 10.6. The molecule has 0 heterocycles. The number of carbonyl (C=O) groups excluding carboxylic acids is 1. The Kier molecular flexibility index (Phi) is 2.88. The third-order valence-electron chi connectivity index (χ3n) is 1.71. The van der Waals surface area contributed by atoms with Crippen molar-refractivity contribution >= 4 is 5.97 Å². The van der Waals surface area contributed by atoms with E-state index in [0.717, 1.165) is 12.5 Å². The summed E-state index contributed by atoms with van der Waals surface area (Å²) >= 11 is 0. The molecule has 0 aliphatic rings. The number of hydrogen-bond donors (Lipinski definition) is 2. The van der Waals surface area contributed by atoms with Gasteiger partial charge in [0, 0.05) is 6.92 Å². The highest BCUT2D eigenvalue weighted by Crippen LogP contribution is 2.19. The summed E-state index contributed by atoms with van der Waals surface area (Å²) in [6, 6.07) is 6.36. The van der Waals surface area contributed by atoms with E-state index < -0.39 is 11.9 Å². The zero-order chi connectivity index (χ0) is 10.8. The van der Waals surface area contributed by atoms with Crippen LogP contribution in [0.3, 0.4) is 0 Å². The second-order valence-corrected chi connectivity index (χ2v) is 3.07. The predicted molar refractivity (Wildman–Crippen MR) is 49.1 cm³/mol. The molecule has 0 amide bonds. The van der Waals surface area contributed by atoms with E-state index in [1.165, 1.54) is 12.1 Å². The molecule has 2 N–H and O–H groups in total. The van der Waals surface area contributed by atoms with Gasteiger partial charge in [0.15, 0.2) is 0 Å². The van der Waals surface area contributed by atoms with Gasteiger partial charge >= 0.3 is 11.9 Å². The molecule has 0 bridgehead atoms. The van der Waals surface area contributed by atoms with Crippen LogP contribution in [0.15, 0.2) is 24.3 Å². The average Bonchev–Trinajstić information content (AvgIpc) is 2.02. The Morgan fingerprint density at radius 2 is 1.79 bits per heavy atom. The van der Waals surface area contributed by atoms with E-state index in [0.29, 0.717) is 0 Å². The topological polar surface area (TPSA) is 66.8 Å². The normalized spacial score (nSPS) is 11.1. The van der Waals surface area contributed by atoms with Crippen LogP contribution in [0.5, 0.6) is 0 Å². The molecule has 1 rings (SSSR count). The first kappa shape index (κ1) is 10.7. The smallest absolute Gasteiger partial charge is 0.353 e. The van der Waals surface area contributed by atoms with Crippen molar-refractivity contribution < 1.29 is 19.7 Å². The molecule has 14 heavy (non-hydrogen) atoms. The number of hydrogen-bond acceptors (Lipinski definition) is 4. The Balaban J connectivity index is 2.91. The highest BCUT2D eigenvalue weighted by atomic mass is 16.8. The second kappa shape index (κ2) is 3.77. The molecule has 0 saturated heterocycles. The molecule has 0 saturated carbocycles. The van der Waals surface area contributed by atoms with Gasteiger partial charge in [0.2, 0.25) is 0 Å². The van der Waals surface area contributed by atoms with E-state index in [4.69, 9.17) is 0 Å². The molecular formula is C10H12O4. The minimum Gasteiger partial charge on any atom is -0.404 e. The molecule has 0 atom stereocenters. The maximum Gasteiger partial charge on any atom is 0.353 e. The molecule has 4 nitrogen and oxygen atoms in total. The minimum atomic E-state index is -2.54. The van der Waals surface area contributed by atoms with Gasteiger partial charge in [-0.1, -0.05) is 17.7 Å². The number of esters is 1. The van der Waals surface area contributed by atoms with Crippen molar-refractivity contribution in [1.82, 2.24) is 0 Å². The number of ether oxygens (including phenoxy) is 1. The van der Waals surface area contributed by atoms with Crippen molar-refractivity contribution in [3.63, 3.8) is 0 Å². The summed E-state index contributed by atoms with van der Waals surface area (Å²) in [6.45, 7) is 2.97. The molecule has 0 aliphatic carbocycles. The largest absolute Gasteiger partial charge is 0.404 e. The van der Waals surface area contributed by atoms with Gasteiger partial charge < -0.3 is 14.9 Å². The average molecular weight is 196 g/mol. The summed E-state index contributed by atoms with van der Waals surface area (Å²) in [5.74, 6) is -3.30. The quantitative estimate of drug-likeness (QED) is 0.538. The first-order valence-corrected chi connectivity index (χ1v) is 4.13. The standard InChI is InChI=1S/C10H12O4/c1-7-3-5-9(6-4-7)10(12,13)14-8(2)11/h3-6,12-13H,1-2H3. The molecule has 0 aromatic heterocycles. The van der Waals surface area contributed by atoms with E-state index in [-0.39, 0.29) is 5.56 Å². The van der Waals surface area contributed by atoms with Crippen molar-refractivity contribution in [3.05, 3.63) is 35.4 Å². The van der Waals surface area contributed by atoms with E-state index in [9.17, 15) is 15.0 Å². The number of benzene rings is 1. The lowest BCUT2D eigenvalue weighted by atomic mass is 10.1. The van der Waals surface area contributed by atoms with Crippen LogP contribution < -0.4 is 0 Å². The molecule has 1 aromatic rings. The van der Waals surface area contributed by atoms with Crippen molar-refractivity contribution in [3.8, 4) is 0 Å². The van der Waals surface area contributed by atoms with Gasteiger partial charge in [-0.2, -0.15) is 0 Å². The van der Waals surface area contributed by atoms with Gasteiger partial charge in [-0.05, 0) is 19.1 Å². The van der Waals surface area contributed by atoms with Crippen LogP contribution in [0, 0.1) is 6.92 Å². The monoisotopic (exact) mass is 196 g/mol. The molecule has 0 fully saturated rings. The highest BCUT2D eigenvalue weighted by Gasteiger charge is 2.29. The van der Waals surface area contributed by atoms with Gasteiger partial charge in [-0.15, -0.1) is 0 Å². The van der Waals surface area contributed by atoms with Crippen LogP contribution in [0.2, 0.25) is 0 Å². The van der Waals surface area contributed by atoms with Crippen molar-refractivity contribution in [1.29, 1.82) is 0 Å². The van der Waals surface area contributed by atoms with Gasteiger partial charge in [-0.3, -0.25) is 4.79 Å². The van der Waals surface area contributed by atoms with Crippen molar-refractivity contribution in [2.45, 2.75) is 19.8 Å². The predicted octanol–water partition coefficient (Wildman–Crippen LogP) is 0.653. The van der Waals surface area contributed by atoms with Crippen LogP contribution in [0.1, 0.15) is 18.1 Å². The van der Waals surface area contributed by atoms with E-state index in [2.05, 4.69) is 4.74 Å². The fourth-order valence-corrected chi connectivity index (χ4v) is 1.03. The zero-order valence-electron chi connectivity index (χ0n) is 8.02. The van der Waals surface area contributed by atoms with Gasteiger partial charge in [-0.25, -0.2) is 0 Å². The Morgan fingerprint density at radius 3 is 2.21 bits per heavy atom. The first-order chi connectivity index (χ1) is 6.42. The summed E-state index contributed by atoms with van der Waals surface area (Å²) in [5.41, 5.74) is 1.10. The van der Waals surface area contributed by atoms with Crippen molar-refractivity contribution in [2.24, 2.45) is 0 Å². The second-order valence-electron chi connectivity index (χ2n) is 3.07. The Hall–Kier alpha value is -1.39. The summed E-state index contributed by atoms with van der Waals surface area (Å²) in [4.78, 5) is 10.6. The van der Waals surface area contributed by atoms with Crippen LogP contribution >= 0.6 is 0 Å². The van der Waals surface area contributed by atoms with Gasteiger partial charge in [0.1, 0.15) is 0 Å².